The van der Waals surface area contributed by atoms with Crippen LogP contribution >= 0.6 is 0 Å². The number of amides is 1. The van der Waals surface area contributed by atoms with Gasteiger partial charge in [-0.2, -0.15) is 0 Å². The fourth-order valence-corrected chi connectivity index (χ4v) is 4.02. The van der Waals surface area contributed by atoms with Crippen molar-refractivity contribution >= 4 is 11.6 Å². The Labute approximate surface area is 191 Å². The number of methoxy groups -OCH3 is 1. The van der Waals surface area contributed by atoms with E-state index in [1.165, 1.54) is 24.1 Å². The number of aliphatic hydroxyl groups excluding tert-OH is 1. The van der Waals surface area contributed by atoms with E-state index in [-0.39, 0.29) is 42.5 Å². The van der Waals surface area contributed by atoms with Crippen LogP contribution in [-0.2, 0) is 19.6 Å². The Morgan fingerprint density at radius 2 is 1.79 bits per heavy atom. The molecule has 0 saturated carbocycles. The lowest BCUT2D eigenvalue weighted by Crippen LogP contribution is -2.46. The van der Waals surface area contributed by atoms with Crippen molar-refractivity contribution in [3.8, 4) is 11.5 Å². The van der Waals surface area contributed by atoms with Gasteiger partial charge < -0.3 is 19.5 Å². The van der Waals surface area contributed by atoms with Crippen LogP contribution in [0.15, 0.2) is 66.7 Å². The van der Waals surface area contributed by atoms with E-state index in [9.17, 15) is 20.0 Å². The van der Waals surface area contributed by atoms with Gasteiger partial charge in [-0.1, -0.05) is 54.6 Å². The normalized spacial score (nSPS) is 15.0. The molecule has 1 atom stereocenters. The minimum absolute atomic E-state index is 0.109. The fraction of sp³-hybridized carbons (Fsp3) is 0.240. The maximum atomic E-state index is 13.5. The number of carbonyl (C=O) groups is 1. The van der Waals surface area contributed by atoms with Crippen LogP contribution in [0, 0.1) is 10.1 Å². The van der Waals surface area contributed by atoms with E-state index in [0.717, 1.165) is 16.7 Å². The van der Waals surface area contributed by atoms with Crippen molar-refractivity contribution in [3.05, 3.63) is 99.1 Å². The first-order chi connectivity index (χ1) is 16.0. The Kier molecular flexibility index (Phi) is 6.55. The van der Waals surface area contributed by atoms with E-state index in [2.05, 4.69) is 0 Å². The molecule has 0 bridgehead atoms. The molecule has 0 aromatic heterocycles. The Morgan fingerprint density at radius 1 is 1.09 bits per heavy atom. The number of hydrogen-bond donors (Lipinski definition) is 1. The molecule has 0 radical (unpaired) electrons. The number of nitro groups is 1. The summed E-state index contributed by atoms with van der Waals surface area (Å²) in [6, 6.07) is 19.1. The van der Waals surface area contributed by atoms with E-state index >= 15 is 0 Å². The number of benzene rings is 3. The van der Waals surface area contributed by atoms with Crippen molar-refractivity contribution in [2.45, 2.75) is 25.6 Å². The van der Waals surface area contributed by atoms with E-state index in [1.54, 1.807) is 0 Å². The van der Waals surface area contributed by atoms with Gasteiger partial charge in [-0.3, -0.25) is 14.9 Å². The molecule has 3 aromatic carbocycles. The highest BCUT2D eigenvalue weighted by atomic mass is 16.6. The van der Waals surface area contributed by atoms with Crippen LogP contribution < -0.4 is 9.47 Å². The Bertz CT molecular complexity index is 1160. The van der Waals surface area contributed by atoms with Gasteiger partial charge in [0.25, 0.3) is 11.6 Å². The van der Waals surface area contributed by atoms with Crippen LogP contribution in [0.5, 0.6) is 11.5 Å². The van der Waals surface area contributed by atoms with Crippen molar-refractivity contribution in [1.29, 1.82) is 0 Å². The standard InChI is InChI=1S/C25H24N2O6/c1-32-23-12-21(22(27(30)31)13-24(23)33-16-17-7-3-2-4-8-17)25(29)26-14-19-10-6-5-9-18(19)11-20(26)15-28/h2-10,12-13,20,28H,11,14-16H2,1H3. The first-order valence-electron chi connectivity index (χ1n) is 10.5. The molecule has 8 nitrogen and oxygen atoms in total. The SMILES string of the molecule is COc1cc(C(=O)N2Cc3ccccc3CC2CO)c([N+](=O)[O-])cc1OCc1ccccc1. The van der Waals surface area contributed by atoms with Crippen LogP contribution in [-0.4, -0.2) is 40.6 Å². The number of hydrogen-bond acceptors (Lipinski definition) is 6. The highest BCUT2D eigenvalue weighted by molar-refractivity contribution is 5.99. The lowest BCUT2D eigenvalue weighted by molar-refractivity contribution is -0.385. The molecule has 0 spiro atoms. The topological polar surface area (TPSA) is 102 Å². The van der Waals surface area contributed by atoms with Crippen LogP contribution in [0.2, 0.25) is 0 Å². The monoisotopic (exact) mass is 448 g/mol. The maximum Gasteiger partial charge on any atom is 0.286 e. The average molecular weight is 448 g/mol. The number of nitro benzene ring substituents is 1. The average Bonchev–Trinajstić information content (AvgIpc) is 2.86. The van der Waals surface area contributed by atoms with E-state index in [1.807, 2.05) is 54.6 Å². The van der Waals surface area contributed by atoms with Gasteiger partial charge in [0.2, 0.25) is 0 Å². The third-order valence-electron chi connectivity index (χ3n) is 5.77. The third kappa shape index (κ3) is 4.65. The van der Waals surface area contributed by atoms with Gasteiger partial charge in [-0.15, -0.1) is 0 Å². The summed E-state index contributed by atoms with van der Waals surface area (Å²) in [6.45, 7) is 0.201. The lowest BCUT2D eigenvalue weighted by Gasteiger charge is -2.36. The zero-order chi connectivity index (χ0) is 23.4. The lowest BCUT2D eigenvalue weighted by atomic mass is 9.93. The van der Waals surface area contributed by atoms with Crippen molar-refractivity contribution in [1.82, 2.24) is 4.90 Å². The number of ether oxygens (including phenoxy) is 2. The van der Waals surface area contributed by atoms with Gasteiger partial charge in [0, 0.05) is 12.6 Å². The molecule has 1 unspecified atom stereocenters. The molecule has 4 rings (SSSR count). The van der Waals surface area contributed by atoms with Gasteiger partial charge in [-0.05, 0) is 23.1 Å². The van der Waals surface area contributed by atoms with E-state index in [0.29, 0.717) is 6.42 Å². The van der Waals surface area contributed by atoms with Crippen LogP contribution in [0.1, 0.15) is 27.0 Å². The molecule has 1 aliphatic rings. The quantitative estimate of drug-likeness (QED) is 0.436. The van der Waals surface area contributed by atoms with Gasteiger partial charge >= 0.3 is 0 Å². The molecular weight excluding hydrogens is 424 g/mol. The molecule has 0 aliphatic carbocycles. The molecule has 0 fully saturated rings. The predicted molar refractivity (Wildman–Crippen MR) is 121 cm³/mol. The zero-order valence-electron chi connectivity index (χ0n) is 18.1. The van der Waals surface area contributed by atoms with E-state index in [4.69, 9.17) is 9.47 Å². The Hall–Kier alpha value is -3.91. The molecule has 170 valence electrons. The van der Waals surface area contributed by atoms with Crippen molar-refractivity contribution in [3.63, 3.8) is 0 Å². The third-order valence-corrected chi connectivity index (χ3v) is 5.77. The zero-order valence-corrected chi connectivity index (χ0v) is 18.1. The molecule has 1 N–H and O–H groups in total. The maximum absolute atomic E-state index is 13.5. The van der Waals surface area contributed by atoms with Crippen molar-refractivity contribution < 1.29 is 24.3 Å². The predicted octanol–water partition coefficient (Wildman–Crippen LogP) is 3.74. The van der Waals surface area contributed by atoms with Crippen LogP contribution in [0.25, 0.3) is 0 Å². The largest absolute Gasteiger partial charge is 0.493 e. The summed E-state index contributed by atoms with van der Waals surface area (Å²) in [7, 11) is 1.42. The van der Waals surface area contributed by atoms with Gasteiger partial charge in [0.05, 0.1) is 30.7 Å². The van der Waals surface area contributed by atoms with Gasteiger partial charge in [-0.25, -0.2) is 0 Å². The first kappa shape index (κ1) is 22.3. The van der Waals surface area contributed by atoms with Crippen LogP contribution in [0.3, 0.4) is 0 Å². The molecule has 8 heteroatoms. The van der Waals surface area contributed by atoms with Crippen molar-refractivity contribution in [2.75, 3.05) is 13.7 Å². The fourth-order valence-electron chi connectivity index (χ4n) is 4.02. The summed E-state index contributed by atoms with van der Waals surface area (Å²) in [5.74, 6) is -0.145. The van der Waals surface area contributed by atoms with Crippen LogP contribution in [0.4, 0.5) is 5.69 Å². The smallest absolute Gasteiger partial charge is 0.286 e. The second-order valence-corrected chi connectivity index (χ2v) is 7.79. The second kappa shape index (κ2) is 9.70. The van der Waals surface area contributed by atoms with Gasteiger partial charge in [0.1, 0.15) is 12.2 Å². The first-order valence-corrected chi connectivity index (χ1v) is 10.5. The number of aliphatic hydroxyl groups is 1. The minimum Gasteiger partial charge on any atom is -0.493 e. The van der Waals surface area contributed by atoms with Gasteiger partial charge in [0.15, 0.2) is 11.5 Å². The second-order valence-electron chi connectivity index (χ2n) is 7.79. The summed E-state index contributed by atoms with van der Waals surface area (Å²) in [5, 5.41) is 21.8. The molecule has 1 amide bonds. The summed E-state index contributed by atoms with van der Waals surface area (Å²) in [4.78, 5) is 26.2. The summed E-state index contributed by atoms with van der Waals surface area (Å²) < 4.78 is 11.2. The number of fused-ring (bicyclic) bond motifs is 1. The summed E-state index contributed by atoms with van der Waals surface area (Å²) >= 11 is 0. The molecule has 1 aliphatic heterocycles. The molecule has 1 heterocycles. The molecule has 3 aromatic rings. The minimum atomic E-state index is -0.603. The molecular formula is C25H24N2O6. The molecule has 0 saturated heterocycles. The summed E-state index contributed by atoms with van der Waals surface area (Å²) in [6.07, 6.45) is 0.474. The number of rotatable bonds is 7. The highest BCUT2D eigenvalue weighted by Crippen LogP contribution is 2.37. The summed E-state index contributed by atoms with van der Waals surface area (Å²) in [5.41, 5.74) is 2.41. The van der Waals surface area contributed by atoms with Crippen molar-refractivity contribution in [2.24, 2.45) is 0 Å². The highest BCUT2D eigenvalue weighted by Gasteiger charge is 2.34. The molecule has 33 heavy (non-hydrogen) atoms. The number of carbonyl (C=O) groups excluding carboxylic acids is 1. The van der Waals surface area contributed by atoms with E-state index < -0.39 is 16.9 Å². The Balaban J connectivity index is 1.67. The number of nitrogens with zero attached hydrogens (tertiary/aromatic N) is 2. The Morgan fingerprint density at radius 3 is 2.45 bits per heavy atom.